The molecule has 0 fully saturated rings. The molecule has 0 spiro atoms. The summed E-state index contributed by atoms with van der Waals surface area (Å²) in [7, 11) is 0. The van der Waals surface area contributed by atoms with E-state index in [1.165, 1.54) is 6.07 Å². The number of rotatable bonds is 7. The average molecular weight is 484 g/mol. The van der Waals surface area contributed by atoms with Crippen LogP contribution in [0, 0.1) is 13.8 Å². The number of benzene rings is 2. The van der Waals surface area contributed by atoms with Gasteiger partial charge in [-0.25, -0.2) is 14.4 Å². The topological polar surface area (TPSA) is 151 Å². The molecule has 1 amide bonds. The quantitative estimate of drug-likeness (QED) is 0.395. The lowest BCUT2D eigenvalue weighted by molar-refractivity contribution is -0.137. The highest BCUT2D eigenvalue weighted by Gasteiger charge is 2.22. The van der Waals surface area contributed by atoms with Crippen molar-refractivity contribution in [3.63, 3.8) is 0 Å². The van der Waals surface area contributed by atoms with Crippen LogP contribution < -0.4 is 16.3 Å². The van der Waals surface area contributed by atoms with E-state index in [9.17, 15) is 24.6 Å². The minimum absolute atomic E-state index is 0.0825. The molecule has 0 bridgehead atoms. The van der Waals surface area contributed by atoms with E-state index < -0.39 is 29.3 Å². The first kappa shape index (κ1) is 25.5. The number of nitrogens with zero attached hydrogens (tertiary/aromatic N) is 1. The zero-order chi connectivity index (χ0) is 25.9. The standard InChI is InChI=1S/C25H29N3O7/c1-13-10-17(29)8-6-15(13)11-19(21(30)31)28-23-27-18-9-7-16(14(2)20(18)22(32)34-23)12-26-24(33)35-25(3,4)5/h6-10,19,29H,11-12H2,1-5H3,(H,26,33)(H,27,28)(H,30,31)/t19-/m0/s1. The number of aromatic hydroxyl groups is 1. The lowest BCUT2D eigenvalue weighted by atomic mass is 10.0. The van der Waals surface area contributed by atoms with Crippen molar-refractivity contribution < 1.29 is 29.0 Å². The fraction of sp³-hybridized carbons (Fsp3) is 0.360. The molecular weight excluding hydrogens is 454 g/mol. The lowest BCUT2D eigenvalue weighted by Gasteiger charge is -2.20. The summed E-state index contributed by atoms with van der Waals surface area (Å²) in [6.07, 6.45) is -0.496. The molecule has 3 rings (SSSR count). The first-order chi connectivity index (χ1) is 16.3. The van der Waals surface area contributed by atoms with Crippen LogP contribution in [0.1, 0.15) is 43.0 Å². The van der Waals surface area contributed by atoms with Crippen LogP contribution in [-0.4, -0.2) is 38.9 Å². The average Bonchev–Trinajstić information content (AvgIpc) is 2.73. The number of alkyl carbamates (subject to hydrolysis) is 1. The summed E-state index contributed by atoms with van der Waals surface area (Å²) >= 11 is 0. The van der Waals surface area contributed by atoms with Crippen molar-refractivity contribution >= 4 is 29.0 Å². The number of hydrogen-bond donors (Lipinski definition) is 4. The van der Waals surface area contributed by atoms with Crippen molar-refractivity contribution in [3.8, 4) is 5.75 Å². The van der Waals surface area contributed by atoms with Crippen molar-refractivity contribution in [2.75, 3.05) is 5.32 Å². The van der Waals surface area contributed by atoms with Crippen LogP contribution >= 0.6 is 0 Å². The van der Waals surface area contributed by atoms with Gasteiger partial charge in [0.05, 0.1) is 10.9 Å². The molecule has 186 valence electrons. The van der Waals surface area contributed by atoms with Crippen LogP contribution in [0.5, 0.6) is 5.75 Å². The minimum Gasteiger partial charge on any atom is -0.508 e. The molecule has 0 radical (unpaired) electrons. The number of anilines is 1. The molecule has 0 aliphatic carbocycles. The number of phenolic OH excluding ortho intramolecular Hbond substituents is 1. The maximum atomic E-state index is 12.8. The monoisotopic (exact) mass is 483 g/mol. The predicted octanol–water partition coefficient (Wildman–Crippen LogP) is 3.64. The molecule has 10 nitrogen and oxygen atoms in total. The molecule has 1 heterocycles. The summed E-state index contributed by atoms with van der Waals surface area (Å²) in [6, 6.07) is 6.66. The van der Waals surface area contributed by atoms with Gasteiger partial charge in [0.2, 0.25) is 0 Å². The molecule has 2 aromatic carbocycles. The normalized spacial score (nSPS) is 12.3. The SMILES string of the molecule is Cc1cc(O)ccc1C[C@H](Nc1nc2ccc(CNC(=O)OC(C)(C)C)c(C)c2c(=O)o1)C(=O)O. The summed E-state index contributed by atoms with van der Waals surface area (Å²) in [6.45, 7) is 8.91. The summed E-state index contributed by atoms with van der Waals surface area (Å²) < 4.78 is 10.5. The van der Waals surface area contributed by atoms with E-state index in [-0.39, 0.29) is 30.1 Å². The van der Waals surface area contributed by atoms with E-state index in [2.05, 4.69) is 15.6 Å². The number of carboxylic acid groups (broad SMARTS) is 1. The van der Waals surface area contributed by atoms with Crippen molar-refractivity contribution in [1.82, 2.24) is 10.3 Å². The van der Waals surface area contributed by atoms with Gasteiger partial charge in [-0.3, -0.25) is 0 Å². The second-order valence-electron chi connectivity index (χ2n) is 9.26. The number of hydrogen-bond acceptors (Lipinski definition) is 8. The smallest absolute Gasteiger partial charge is 0.407 e. The number of ether oxygens (including phenoxy) is 1. The van der Waals surface area contributed by atoms with Gasteiger partial charge in [0.25, 0.3) is 6.01 Å². The van der Waals surface area contributed by atoms with Gasteiger partial charge < -0.3 is 30.0 Å². The van der Waals surface area contributed by atoms with Gasteiger partial charge in [-0.2, -0.15) is 4.98 Å². The number of nitrogens with one attached hydrogen (secondary N) is 2. The fourth-order valence-electron chi connectivity index (χ4n) is 3.58. The molecule has 0 aliphatic rings. The molecule has 0 unspecified atom stereocenters. The van der Waals surface area contributed by atoms with E-state index in [0.29, 0.717) is 22.2 Å². The maximum absolute atomic E-state index is 12.8. The number of aliphatic carboxylic acids is 1. The summed E-state index contributed by atoms with van der Waals surface area (Å²) in [5, 5.41) is 24.8. The van der Waals surface area contributed by atoms with Crippen LogP contribution in [0.15, 0.2) is 39.5 Å². The van der Waals surface area contributed by atoms with Crippen molar-refractivity contribution in [3.05, 3.63) is 63.0 Å². The van der Waals surface area contributed by atoms with Gasteiger partial charge in [-0.15, -0.1) is 0 Å². The zero-order valence-corrected chi connectivity index (χ0v) is 20.3. The van der Waals surface area contributed by atoms with Crippen molar-refractivity contribution in [1.29, 1.82) is 0 Å². The van der Waals surface area contributed by atoms with Gasteiger partial charge in [-0.1, -0.05) is 12.1 Å². The molecule has 3 aromatic rings. The Balaban J connectivity index is 1.83. The molecular formula is C25H29N3O7. The van der Waals surface area contributed by atoms with Gasteiger partial charge in [0, 0.05) is 13.0 Å². The van der Waals surface area contributed by atoms with Gasteiger partial charge in [0.1, 0.15) is 17.4 Å². The highest BCUT2D eigenvalue weighted by molar-refractivity contribution is 5.83. The first-order valence-corrected chi connectivity index (χ1v) is 11.0. The third kappa shape index (κ3) is 6.50. The predicted molar refractivity (Wildman–Crippen MR) is 130 cm³/mol. The Bertz CT molecular complexity index is 1330. The Kier molecular flexibility index (Phi) is 7.33. The number of aryl methyl sites for hydroxylation is 2. The van der Waals surface area contributed by atoms with Crippen LogP contribution in [-0.2, 0) is 22.5 Å². The van der Waals surface area contributed by atoms with E-state index in [1.807, 2.05) is 0 Å². The Morgan fingerprint density at radius 2 is 1.83 bits per heavy atom. The van der Waals surface area contributed by atoms with Crippen LogP contribution in [0.4, 0.5) is 10.8 Å². The second kappa shape index (κ2) is 10.0. The minimum atomic E-state index is -1.15. The molecule has 35 heavy (non-hydrogen) atoms. The molecule has 0 saturated carbocycles. The molecule has 1 atom stereocenters. The molecule has 10 heteroatoms. The van der Waals surface area contributed by atoms with Gasteiger partial charge in [-0.05, 0) is 75.1 Å². The highest BCUT2D eigenvalue weighted by atomic mass is 16.6. The fourth-order valence-corrected chi connectivity index (χ4v) is 3.58. The molecule has 1 aromatic heterocycles. The summed E-state index contributed by atoms with van der Waals surface area (Å²) in [4.78, 5) is 40.8. The summed E-state index contributed by atoms with van der Waals surface area (Å²) in [5.41, 5.74) is 1.72. The van der Waals surface area contributed by atoms with Crippen molar-refractivity contribution in [2.24, 2.45) is 0 Å². The van der Waals surface area contributed by atoms with Crippen LogP contribution in [0.2, 0.25) is 0 Å². The highest BCUT2D eigenvalue weighted by Crippen LogP contribution is 2.21. The third-order valence-electron chi connectivity index (χ3n) is 5.34. The number of carbonyl (C=O) groups excluding carboxylic acids is 1. The second-order valence-corrected chi connectivity index (χ2v) is 9.26. The van der Waals surface area contributed by atoms with Gasteiger partial charge in [0.15, 0.2) is 0 Å². The number of amides is 1. The van der Waals surface area contributed by atoms with E-state index >= 15 is 0 Å². The Labute approximate surface area is 201 Å². The van der Waals surface area contributed by atoms with Crippen LogP contribution in [0.25, 0.3) is 10.9 Å². The third-order valence-corrected chi connectivity index (χ3v) is 5.34. The maximum Gasteiger partial charge on any atom is 0.407 e. The van der Waals surface area contributed by atoms with Crippen molar-refractivity contribution in [2.45, 2.75) is 59.2 Å². The number of phenols is 1. The van der Waals surface area contributed by atoms with Gasteiger partial charge >= 0.3 is 17.7 Å². The largest absolute Gasteiger partial charge is 0.508 e. The van der Waals surface area contributed by atoms with Crippen LogP contribution in [0.3, 0.4) is 0 Å². The number of carbonyl (C=O) groups is 2. The number of aromatic nitrogens is 1. The lowest BCUT2D eigenvalue weighted by Crippen LogP contribution is -2.32. The zero-order valence-electron chi connectivity index (χ0n) is 20.3. The Morgan fingerprint density at radius 3 is 2.46 bits per heavy atom. The Morgan fingerprint density at radius 1 is 1.14 bits per heavy atom. The number of fused-ring (bicyclic) bond motifs is 1. The Hall–Kier alpha value is -4.08. The number of carboxylic acids is 1. The molecule has 0 aliphatic heterocycles. The van der Waals surface area contributed by atoms with E-state index in [1.54, 1.807) is 58.9 Å². The molecule has 0 saturated heterocycles. The summed E-state index contributed by atoms with van der Waals surface area (Å²) in [5.74, 6) is -1.06. The molecule has 4 N–H and O–H groups in total. The van der Waals surface area contributed by atoms with E-state index in [0.717, 1.165) is 5.56 Å². The van der Waals surface area contributed by atoms with E-state index in [4.69, 9.17) is 9.15 Å². The first-order valence-electron chi connectivity index (χ1n) is 11.0.